The number of aromatic hydroxyl groups is 2. The molecule has 0 fully saturated rings. The van der Waals surface area contributed by atoms with E-state index < -0.39 is 0 Å². The Kier molecular flexibility index (Phi) is 4.14. The Hall–Kier alpha value is -2.63. The lowest BCUT2D eigenvalue weighted by Gasteiger charge is -2.06. The van der Waals surface area contributed by atoms with Crippen LogP contribution in [0.3, 0.4) is 0 Å². The second-order valence-electron chi connectivity index (χ2n) is 4.37. The molecule has 0 aliphatic heterocycles. The van der Waals surface area contributed by atoms with Crippen molar-refractivity contribution in [3.63, 3.8) is 0 Å². The third-order valence-electron chi connectivity index (χ3n) is 2.75. The Bertz CT molecular complexity index is 612. The summed E-state index contributed by atoms with van der Waals surface area (Å²) in [6.07, 6.45) is 3.50. The first-order valence-electron chi connectivity index (χ1n) is 6.14. The van der Waals surface area contributed by atoms with Gasteiger partial charge in [-0.05, 0) is 31.0 Å². The van der Waals surface area contributed by atoms with Crippen LogP contribution in [0.15, 0.2) is 30.6 Å². The highest BCUT2D eigenvalue weighted by atomic mass is 16.3. The minimum absolute atomic E-state index is 0.160. The van der Waals surface area contributed by atoms with Gasteiger partial charge in [0, 0.05) is 12.7 Å². The maximum Gasteiger partial charge on any atom is 0.271 e. The van der Waals surface area contributed by atoms with Gasteiger partial charge in [-0.25, -0.2) is 4.98 Å². The fourth-order valence-corrected chi connectivity index (χ4v) is 1.65. The van der Waals surface area contributed by atoms with Gasteiger partial charge in [-0.3, -0.25) is 9.78 Å². The number of phenolic OH excluding ortho intramolecular Hbond substituents is 2. The maximum atomic E-state index is 11.8. The number of nitrogens with one attached hydrogen (secondary N) is 1. The second-order valence-corrected chi connectivity index (χ2v) is 4.37. The molecular formula is C14H15N3O3. The first kappa shape index (κ1) is 13.8. The van der Waals surface area contributed by atoms with Gasteiger partial charge in [0.05, 0.1) is 11.9 Å². The molecule has 0 radical (unpaired) electrons. The summed E-state index contributed by atoms with van der Waals surface area (Å²) in [6, 6.07) is 4.57. The van der Waals surface area contributed by atoms with Crippen LogP contribution < -0.4 is 5.32 Å². The fraction of sp³-hybridized carbons (Fsp3) is 0.214. The molecule has 104 valence electrons. The lowest BCUT2D eigenvalue weighted by atomic mass is 10.1. The molecule has 0 spiro atoms. The Morgan fingerprint density at radius 3 is 2.65 bits per heavy atom. The van der Waals surface area contributed by atoms with Crippen LogP contribution in [0.25, 0.3) is 0 Å². The molecule has 6 heteroatoms. The number of nitrogens with zero attached hydrogens (tertiary/aromatic N) is 2. The van der Waals surface area contributed by atoms with Crippen LogP contribution in [0.5, 0.6) is 11.5 Å². The monoisotopic (exact) mass is 273 g/mol. The maximum absolute atomic E-state index is 11.8. The van der Waals surface area contributed by atoms with E-state index in [1.165, 1.54) is 24.5 Å². The average Bonchev–Trinajstić information content (AvgIpc) is 2.43. The fourth-order valence-electron chi connectivity index (χ4n) is 1.65. The van der Waals surface area contributed by atoms with Crippen molar-refractivity contribution in [2.75, 3.05) is 6.54 Å². The number of carbonyl (C=O) groups is 1. The quantitative estimate of drug-likeness (QED) is 0.727. The van der Waals surface area contributed by atoms with E-state index in [9.17, 15) is 15.0 Å². The Balaban J connectivity index is 1.87. The summed E-state index contributed by atoms with van der Waals surface area (Å²) in [4.78, 5) is 19.7. The zero-order valence-electron chi connectivity index (χ0n) is 11.0. The topological polar surface area (TPSA) is 95.3 Å². The lowest BCUT2D eigenvalue weighted by molar-refractivity contribution is 0.0948. The van der Waals surface area contributed by atoms with Gasteiger partial charge in [0.1, 0.15) is 5.69 Å². The zero-order chi connectivity index (χ0) is 14.5. The van der Waals surface area contributed by atoms with Crippen molar-refractivity contribution in [3.05, 3.63) is 47.5 Å². The van der Waals surface area contributed by atoms with Gasteiger partial charge in [-0.2, -0.15) is 0 Å². The van der Waals surface area contributed by atoms with Crippen LogP contribution in [0.2, 0.25) is 0 Å². The molecule has 0 unspecified atom stereocenters. The van der Waals surface area contributed by atoms with Crippen molar-refractivity contribution >= 4 is 5.91 Å². The molecule has 0 saturated heterocycles. The third kappa shape index (κ3) is 3.44. The van der Waals surface area contributed by atoms with Crippen LogP contribution in [0, 0.1) is 6.92 Å². The minimum atomic E-state index is -0.291. The predicted octanol–water partition coefficient (Wildman–Crippen LogP) is 1.17. The largest absolute Gasteiger partial charge is 0.504 e. The molecule has 2 rings (SSSR count). The SMILES string of the molecule is Cc1cnc(C(=O)NCCc2ccc(O)c(O)c2)cn1. The summed E-state index contributed by atoms with van der Waals surface area (Å²) < 4.78 is 0. The van der Waals surface area contributed by atoms with E-state index in [2.05, 4.69) is 15.3 Å². The number of aryl methyl sites for hydroxylation is 1. The summed E-state index contributed by atoms with van der Waals surface area (Å²) in [5.41, 5.74) is 1.83. The van der Waals surface area contributed by atoms with Crippen LogP contribution in [-0.2, 0) is 6.42 Å². The molecule has 1 amide bonds. The smallest absolute Gasteiger partial charge is 0.271 e. The summed E-state index contributed by atoms with van der Waals surface area (Å²) in [5.74, 6) is -0.619. The number of rotatable bonds is 4. The van der Waals surface area contributed by atoms with Gasteiger partial charge in [-0.1, -0.05) is 6.07 Å². The van der Waals surface area contributed by atoms with Gasteiger partial charge < -0.3 is 15.5 Å². The molecule has 0 aliphatic carbocycles. The second kappa shape index (κ2) is 6.01. The van der Waals surface area contributed by atoms with Crippen molar-refractivity contribution in [3.8, 4) is 11.5 Å². The Morgan fingerprint density at radius 2 is 2.00 bits per heavy atom. The van der Waals surface area contributed by atoms with Crippen molar-refractivity contribution in [2.45, 2.75) is 13.3 Å². The molecule has 3 N–H and O–H groups in total. The molecule has 20 heavy (non-hydrogen) atoms. The van der Waals surface area contributed by atoms with E-state index >= 15 is 0 Å². The molecule has 0 aliphatic rings. The average molecular weight is 273 g/mol. The molecule has 6 nitrogen and oxygen atoms in total. The minimum Gasteiger partial charge on any atom is -0.504 e. The number of amides is 1. The molecule has 1 heterocycles. The van der Waals surface area contributed by atoms with Crippen molar-refractivity contribution in [1.82, 2.24) is 15.3 Å². The summed E-state index contributed by atoms with van der Waals surface area (Å²) in [6.45, 7) is 2.20. The lowest BCUT2D eigenvalue weighted by Crippen LogP contribution is -2.26. The van der Waals surface area contributed by atoms with Crippen LogP contribution in [0.1, 0.15) is 21.7 Å². The molecular weight excluding hydrogens is 258 g/mol. The molecule has 1 aromatic heterocycles. The Labute approximate surface area is 116 Å². The standard InChI is InChI=1S/C14H15N3O3/c1-9-7-17-11(8-16-9)14(20)15-5-4-10-2-3-12(18)13(19)6-10/h2-3,6-8,18-19H,4-5H2,1H3,(H,15,20). The highest BCUT2D eigenvalue weighted by Gasteiger charge is 2.07. The third-order valence-corrected chi connectivity index (χ3v) is 2.75. The first-order valence-corrected chi connectivity index (χ1v) is 6.14. The van der Waals surface area contributed by atoms with E-state index in [4.69, 9.17) is 0 Å². The van der Waals surface area contributed by atoms with E-state index in [0.717, 1.165) is 11.3 Å². The zero-order valence-corrected chi connectivity index (χ0v) is 11.0. The number of aromatic nitrogens is 2. The van der Waals surface area contributed by atoms with Crippen molar-refractivity contribution in [2.24, 2.45) is 0 Å². The van der Waals surface area contributed by atoms with Gasteiger partial charge in [0.2, 0.25) is 0 Å². The van der Waals surface area contributed by atoms with Crippen LogP contribution in [-0.4, -0.2) is 32.6 Å². The molecule has 1 aromatic carbocycles. The normalized spacial score (nSPS) is 10.2. The van der Waals surface area contributed by atoms with E-state index in [-0.39, 0.29) is 23.1 Å². The highest BCUT2D eigenvalue weighted by Crippen LogP contribution is 2.24. The van der Waals surface area contributed by atoms with Crippen LogP contribution in [0.4, 0.5) is 0 Å². The van der Waals surface area contributed by atoms with E-state index in [1.807, 2.05) is 0 Å². The first-order chi connectivity index (χ1) is 9.56. The van der Waals surface area contributed by atoms with E-state index in [0.29, 0.717) is 13.0 Å². The molecule has 2 aromatic rings. The summed E-state index contributed by atoms with van der Waals surface area (Å²) in [5, 5.41) is 21.3. The summed E-state index contributed by atoms with van der Waals surface area (Å²) in [7, 11) is 0. The number of hydrogen-bond acceptors (Lipinski definition) is 5. The number of hydrogen-bond donors (Lipinski definition) is 3. The highest BCUT2D eigenvalue weighted by molar-refractivity contribution is 5.91. The molecule has 0 saturated carbocycles. The van der Waals surface area contributed by atoms with Gasteiger partial charge >= 0.3 is 0 Å². The van der Waals surface area contributed by atoms with E-state index in [1.54, 1.807) is 13.0 Å². The van der Waals surface area contributed by atoms with Gasteiger partial charge in [-0.15, -0.1) is 0 Å². The van der Waals surface area contributed by atoms with Gasteiger partial charge in [0.15, 0.2) is 11.5 Å². The molecule has 0 bridgehead atoms. The Morgan fingerprint density at radius 1 is 1.20 bits per heavy atom. The molecule has 0 atom stereocenters. The van der Waals surface area contributed by atoms with Crippen molar-refractivity contribution in [1.29, 1.82) is 0 Å². The summed E-state index contributed by atoms with van der Waals surface area (Å²) >= 11 is 0. The van der Waals surface area contributed by atoms with Gasteiger partial charge in [0.25, 0.3) is 5.91 Å². The van der Waals surface area contributed by atoms with Crippen molar-refractivity contribution < 1.29 is 15.0 Å². The number of benzene rings is 1. The number of carbonyl (C=O) groups excluding carboxylic acids is 1. The predicted molar refractivity (Wildman–Crippen MR) is 72.6 cm³/mol. The number of phenols is 2. The van der Waals surface area contributed by atoms with Crippen LogP contribution >= 0.6 is 0 Å².